The van der Waals surface area contributed by atoms with E-state index in [0.717, 1.165) is 40.1 Å². The van der Waals surface area contributed by atoms with Crippen LogP contribution in [0.4, 0.5) is 11.4 Å². The molecule has 1 aliphatic rings. The standard InChI is InChI=1S/C51H39BN2O/c1-2-3-5-14-32-23-27-36(28-24-32)53-43-22-13-12-21-40(43)45-38-19-10-11-20-39(38)46-41-29-25-34-17-8-9-18-37(34)48(41)54-49-42-31-35(33-15-6-4-7-16-33)26-30-44(42)55-51(49)52-47(45)50(46)54/h4,6-13,15-31,52-53H,2-3,5,14H2,1H3. The highest BCUT2D eigenvalue weighted by molar-refractivity contribution is 6.74. The smallest absolute Gasteiger partial charge is 0.244 e. The van der Waals surface area contributed by atoms with Crippen molar-refractivity contribution in [2.24, 2.45) is 0 Å². The number of unbranched alkanes of at least 4 members (excludes halogenated alkanes) is 2. The highest BCUT2D eigenvalue weighted by Crippen LogP contribution is 2.46. The molecule has 1 aliphatic heterocycles. The van der Waals surface area contributed by atoms with E-state index < -0.39 is 0 Å². The van der Waals surface area contributed by atoms with Crippen LogP contribution in [0.1, 0.15) is 31.7 Å². The second-order valence-corrected chi connectivity index (χ2v) is 15.1. The van der Waals surface area contributed by atoms with Gasteiger partial charge in [-0.15, -0.1) is 0 Å². The average Bonchev–Trinajstić information content (AvgIpc) is 3.78. The third-order valence-corrected chi connectivity index (χ3v) is 11.8. The maximum absolute atomic E-state index is 6.94. The first-order valence-corrected chi connectivity index (χ1v) is 19.7. The van der Waals surface area contributed by atoms with E-state index >= 15 is 0 Å². The second kappa shape index (κ2) is 12.8. The van der Waals surface area contributed by atoms with E-state index in [1.54, 1.807) is 0 Å². The van der Waals surface area contributed by atoms with Crippen LogP contribution in [-0.2, 0) is 6.42 Å². The number of nitrogens with one attached hydrogen (secondary N) is 1. The Hall–Kier alpha value is -6.52. The largest absolute Gasteiger partial charge is 0.469 e. The lowest BCUT2D eigenvalue weighted by atomic mass is 9.61. The molecular formula is C51H39BN2O. The Bertz CT molecular complexity index is 3100. The molecule has 262 valence electrons. The molecule has 2 aromatic heterocycles. The number of rotatable bonds is 8. The van der Waals surface area contributed by atoms with Crippen molar-refractivity contribution in [3.63, 3.8) is 0 Å². The van der Waals surface area contributed by atoms with Crippen LogP contribution in [0, 0.1) is 0 Å². The Morgan fingerprint density at radius 2 is 1.36 bits per heavy atom. The van der Waals surface area contributed by atoms with Crippen LogP contribution in [0.15, 0.2) is 162 Å². The van der Waals surface area contributed by atoms with Crippen LogP contribution >= 0.6 is 0 Å². The van der Waals surface area contributed by atoms with Crippen molar-refractivity contribution in [1.29, 1.82) is 0 Å². The Kier molecular flexibility index (Phi) is 7.45. The van der Waals surface area contributed by atoms with Crippen molar-refractivity contribution in [3.8, 4) is 27.9 Å². The zero-order valence-electron chi connectivity index (χ0n) is 30.9. The van der Waals surface area contributed by atoms with Crippen molar-refractivity contribution < 1.29 is 4.42 Å². The molecule has 0 saturated heterocycles. The van der Waals surface area contributed by atoms with Crippen LogP contribution in [0.5, 0.6) is 0 Å². The fraction of sp³-hybridized carbons (Fsp3) is 0.0980. The lowest BCUT2D eigenvalue weighted by molar-refractivity contribution is 0.650. The lowest BCUT2D eigenvalue weighted by Gasteiger charge is -2.23. The number of fused-ring (bicyclic) bond motifs is 11. The molecule has 1 N–H and O–H groups in total. The second-order valence-electron chi connectivity index (χ2n) is 15.1. The maximum Gasteiger partial charge on any atom is 0.244 e. The molecule has 0 aliphatic carbocycles. The molecule has 0 unspecified atom stereocenters. The molecule has 0 atom stereocenters. The summed E-state index contributed by atoms with van der Waals surface area (Å²) < 4.78 is 9.50. The zero-order chi connectivity index (χ0) is 36.5. The number of benzene rings is 8. The first-order chi connectivity index (χ1) is 27.2. The molecule has 4 heteroatoms. The number of aryl methyl sites for hydroxylation is 1. The van der Waals surface area contributed by atoms with Gasteiger partial charge < -0.3 is 14.3 Å². The molecule has 0 spiro atoms. The van der Waals surface area contributed by atoms with Gasteiger partial charge in [-0.05, 0) is 87.0 Å². The van der Waals surface area contributed by atoms with Gasteiger partial charge in [0.05, 0.1) is 22.4 Å². The van der Waals surface area contributed by atoms with E-state index in [2.05, 4.69) is 175 Å². The van der Waals surface area contributed by atoms with Gasteiger partial charge in [0, 0.05) is 38.5 Å². The molecule has 0 saturated carbocycles. The third kappa shape index (κ3) is 5.05. The number of aromatic nitrogens is 1. The van der Waals surface area contributed by atoms with Crippen LogP contribution < -0.4 is 16.4 Å². The Labute approximate surface area is 321 Å². The predicted octanol–water partition coefficient (Wildman–Crippen LogP) is 12.3. The number of furan rings is 1. The third-order valence-electron chi connectivity index (χ3n) is 11.8. The topological polar surface area (TPSA) is 30.1 Å². The molecule has 0 radical (unpaired) electrons. The lowest BCUT2D eigenvalue weighted by Crippen LogP contribution is -2.36. The average molecular weight is 707 g/mol. The normalized spacial score (nSPS) is 12.2. The van der Waals surface area contributed by atoms with Crippen molar-refractivity contribution in [2.45, 2.75) is 32.6 Å². The number of anilines is 2. The summed E-state index contributed by atoms with van der Waals surface area (Å²) in [5, 5.41) is 12.6. The van der Waals surface area contributed by atoms with Gasteiger partial charge in [-0.3, -0.25) is 0 Å². The van der Waals surface area contributed by atoms with E-state index in [-0.39, 0.29) is 0 Å². The Balaban J connectivity index is 1.20. The van der Waals surface area contributed by atoms with Crippen molar-refractivity contribution in [3.05, 3.63) is 163 Å². The number of hydrogen-bond acceptors (Lipinski definition) is 2. The van der Waals surface area contributed by atoms with E-state index in [1.165, 1.54) is 95.9 Å². The quantitative estimate of drug-likeness (QED) is 0.126. The molecule has 11 rings (SSSR count). The molecule has 10 aromatic rings. The Morgan fingerprint density at radius 3 is 2.22 bits per heavy atom. The van der Waals surface area contributed by atoms with Gasteiger partial charge in [-0.25, -0.2) is 0 Å². The minimum Gasteiger partial charge on any atom is -0.469 e. The van der Waals surface area contributed by atoms with E-state index in [1.807, 2.05) is 0 Å². The number of para-hydroxylation sites is 1. The minimum atomic E-state index is 0.691. The minimum absolute atomic E-state index is 0.691. The molecular weight excluding hydrogens is 667 g/mol. The fourth-order valence-electron chi connectivity index (χ4n) is 9.28. The highest BCUT2D eigenvalue weighted by atomic mass is 16.3. The van der Waals surface area contributed by atoms with Crippen molar-refractivity contribution in [1.82, 2.24) is 4.57 Å². The molecule has 0 fully saturated rings. The zero-order valence-corrected chi connectivity index (χ0v) is 30.9. The van der Waals surface area contributed by atoms with Crippen LogP contribution in [-0.4, -0.2) is 11.8 Å². The molecule has 0 bridgehead atoms. The Morgan fingerprint density at radius 1 is 0.600 bits per heavy atom. The predicted molar refractivity (Wildman–Crippen MR) is 236 cm³/mol. The van der Waals surface area contributed by atoms with Crippen LogP contribution in [0.25, 0.3) is 82.3 Å². The number of nitrogens with zero attached hydrogens (tertiary/aromatic N) is 1. The van der Waals surface area contributed by atoms with Gasteiger partial charge in [0.15, 0.2) is 0 Å². The van der Waals surface area contributed by atoms with Crippen molar-refractivity contribution in [2.75, 3.05) is 5.32 Å². The summed E-state index contributed by atoms with van der Waals surface area (Å²) in [4.78, 5) is 0. The molecule has 0 amide bonds. The summed E-state index contributed by atoms with van der Waals surface area (Å²) in [5.41, 5.74) is 15.3. The van der Waals surface area contributed by atoms with Gasteiger partial charge in [0.25, 0.3) is 0 Å². The SMILES string of the molecule is CCCCCc1ccc(Nc2ccccc2-c2c3c4c(c5ccccc25)c2ccc5ccccc5c2n4-c2c(oc4ccc(-c5ccccc5)cc24)B3)cc1. The first kappa shape index (κ1) is 32.0. The van der Waals surface area contributed by atoms with Gasteiger partial charge in [-0.2, -0.15) is 0 Å². The van der Waals surface area contributed by atoms with Gasteiger partial charge >= 0.3 is 0 Å². The van der Waals surface area contributed by atoms with Crippen LogP contribution in [0.2, 0.25) is 0 Å². The monoisotopic (exact) mass is 706 g/mol. The summed E-state index contributed by atoms with van der Waals surface area (Å²) in [7, 11) is 0.691. The summed E-state index contributed by atoms with van der Waals surface area (Å²) in [6.45, 7) is 2.26. The molecule has 8 aromatic carbocycles. The first-order valence-electron chi connectivity index (χ1n) is 19.7. The van der Waals surface area contributed by atoms with E-state index in [0.29, 0.717) is 7.28 Å². The summed E-state index contributed by atoms with van der Waals surface area (Å²) in [5.74, 6) is 0. The van der Waals surface area contributed by atoms with Gasteiger partial charge in [0.1, 0.15) is 5.58 Å². The highest BCUT2D eigenvalue weighted by Gasteiger charge is 2.33. The number of hydrogen-bond donors (Lipinski definition) is 1. The summed E-state index contributed by atoms with van der Waals surface area (Å²) >= 11 is 0. The van der Waals surface area contributed by atoms with Gasteiger partial charge in [0.2, 0.25) is 7.28 Å². The molecule has 3 nitrogen and oxygen atoms in total. The molecule has 3 heterocycles. The molecule has 55 heavy (non-hydrogen) atoms. The summed E-state index contributed by atoms with van der Waals surface area (Å²) in [6, 6.07) is 57.7. The van der Waals surface area contributed by atoms with Crippen LogP contribution in [0.3, 0.4) is 0 Å². The van der Waals surface area contributed by atoms with Crippen molar-refractivity contribution >= 4 is 84.1 Å². The van der Waals surface area contributed by atoms with E-state index in [9.17, 15) is 0 Å². The van der Waals surface area contributed by atoms with E-state index in [4.69, 9.17) is 4.42 Å². The fourth-order valence-corrected chi connectivity index (χ4v) is 9.28. The van der Waals surface area contributed by atoms with Gasteiger partial charge in [-0.1, -0.05) is 147 Å². The summed E-state index contributed by atoms with van der Waals surface area (Å²) in [6.07, 6.45) is 4.87. The maximum atomic E-state index is 6.94.